The van der Waals surface area contributed by atoms with Gasteiger partial charge in [-0.25, -0.2) is 0 Å². The molecule has 0 N–H and O–H groups in total. The zero-order valence-electron chi connectivity index (χ0n) is 9.59. The van der Waals surface area contributed by atoms with Crippen LogP contribution in [0, 0.1) is 5.92 Å². The summed E-state index contributed by atoms with van der Waals surface area (Å²) < 4.78 is 1.03. The lowest BCUT2D eigenvalue weighted by Gasteiger charge is -2.04. The molecule has 0 aromatic heterocycles. The Balaban J connectivity index is 2.68. The topological polar surface area (TPSA) is 29.4 Å². The molecule has 1 unspecified atom stereocenters. The van der Waals surface area contributed by atoms with Crippen LogP contribution in [0.4, 0.5) is 0 Å². The summed E-state index contributed by atoms with van der Waals surface area (Å²) in [5, 5.41) is 0. The molecule has 84 valence electrons. The third-order valence-corrected chi connectivity index (χ3v) is 3.34. The minimum absolute atomic E-state index is 0.0480. The molecule has 2 nitrogen and oxygen atoms in total. The Hall–Kier alpha value is -0.190. The molecule has 0 aliphatic carbocycles. The van der Waals surface area contributed by atoms with Crippen molar-refractivity contribution in [2.75, 3.05) is 0 Å². The number of Topliss-reactive ketones (excluding diaryl/α,β-unsaturated/α-hetero) is 1. The Morgan fingerprint density at radius 2 is 2.27 bits per heavy atom. The monoisotopic (exact) mass is 319 g/mol. The number of allylic oxidation sites excluding steroid dienone is 1. The number of unbranched alkanes of at least 4 members (excludes halogenated alkanes) is 1. The summed E-state index contributed by atoms with van der Waals surface area (Å²) in [6, 6.07) is 0.245. The molecule has 0 fully saturated rings. The molecule has 0 aromatic carbocycles. The van der Waals surface area contributed by atoms with Gasteiger partial charge >= 0.3 is 0 Å². The third-order valence-electron chi connectivity index (χ3n) is 2.47. The molecule has 1 aliphatic rings. The van der Waals surface area contributed by atoms with Crippen LogP contribution in [0.25, 0.3) is 0 Å². The number of nitrogens with zero attached hydrogens (tertiary/aromatic N) is 1. The van der Waals surface area contributed by atoms with E-state index >= 15 is 0 Å². The summed E-state index contributed by atoms with van der Waals surface area (Å²) in [6.45, 7) is 6.02. The molecule has 1 aliphatic heterocycles. The molecule has 1 atom stereocenters. The number of hydrogen-bond acceptors (Lipinski definition) is 2. The fourth-order valence-electron chi connectivity index (χ4n) is 1.53. The van der Waals surface area contributed by atoms with Crippen LogP contribution in [-0.2, 0) is 4.79 Å². The van der Waals surface area contributed by atoms with Crippen molar-refractivity contribution >= 4 is 34.1 Å². The molecule has 0 spiro atoms. The van der Waals surface area contributed by atoms with E-state index in [1.54, 1.807) is 0 Å². The van der Waals surface area contributed by atoms with E-state index in [9.17, 15) is 4.79 Å². The van der Waals surface area contributed by atoms with Gasteiger partial charge in [0.05, 0.1) is 6.04 Å². The van der Waals surface area contributed by atoms with Gasteiger partial charge in [0.15, 0.2) is 5.78 Å². The molecule has 0 saturated heterocycles. The fourth-order valence-corrected chi connectivity index (χ4v) is 2.35. The van der Waals surface area contributed by atoms with E-state index in [-0.39, 0.29) is 17.7 Å². The minimum Gasteiger partial charge on any atom is -0.292 e. The lowest BCUT2D eigenvalue weighted by molar-refractivity contribution is -0.115. The SMILES string of the molecule is CCCCC1C=C(I)C(C(=O)C(C)C)=N1. The van der Waals surface area contributed by atoms with Crippen molar-refractivity contribution in [1.82, 2.24) is 0 Å². The maximum Gasteiger partial charge on any atom is 0.184 e. The van der Waals surface area contributed by atoms with Gasteiger partial charge in [0.1, 0.15) is 5.71 Å². The van der Waals surface area contributed by atoms with Crippen LogP contribution in [-0.4, -0.2) is 17.5 Å². The minimum atomic E-state index is 0.0480. The van der Waals surface area contributed by atoms with E-state index in [2.05, 4.69) is 40.6 Å². The fraction of sp³-hybridized carbons (Fsp3) is 0.667. The smallest absolute Gasteiger partial charge is 0.184 e. The second kappa shape index (κ2) is 5.77. The van der Waals surface area contributed by atoms with Crippen LogP contribution >= 0.6 is 22.6 Å². The summed E-state index contributed by atoms with van der Waals surface area (Å²) in [5.74, 6) is 0.224. The Labute approximate surface area is 105 Å². The van der Waals surface area contributed by atoms with Crippen LogP contribution in [0.2, 0.25) is 0 Å². The van der Waals surface area contributed by atoms with Crippen molar-refractivity contribution in [3.63, 3.8) is 0 Å². The van der Waals surface area contributed by atoms with Crippen LogP contribution in [0.15, 0.2) is 14.6 Å². The summed E-state index contributed by atoms with van der Waals surface area (Å²) >= 11 is 2.22. The van der Waals surface area contributed by atoms with Crippen molar-refractivity contribution in [2.24, 2.45) is 10.9 Å². The van der Waals surface area contributed by atoms with Gasteiger partial charge in [0, 0.05) is 9.50 Å². The first-order valence-corrected chi connectivity index (χ1v) is 6.63. The number of rotatable bonds is 5. The second-order valence-electron chi connectivity index (χ2n) is 4.22. The van der Waals surface area contributed by atoms with Crippen molar-refractivity contribution in [1.29, 1.82) is 0 Å². The van der Waals surface area contributed by atoms with Gasteiger partial charge in [-0.1, -0.05) is 33.6 Å². The molecular formula is C12H18INO. The highest BCUT2D eigenvalue weighted by Crippen LogP contribution is 2.24. The first-order chi connectivity index (χ1) is 7.06. The number of hydrogen-bond donors (Lipinski definition) is 0. The standard InChI is InChI=1S/C12H18INO/c1-4-5-6-9-7-10(13)11(14-9)12(15)8(2)3/h7-9H,4-6H2,1-3H3. The summed E-state index contributed by atoms with van der Waals surface area (Å²) in [6.07, 6.45) is 5.55. The first-order valence-electron chi connectivity index (χ1n) is 5.56. The van der Waals surface area contributed by atoms with Crippen LogP contribution in [0.1, 0.15) is 40.0 Å². The average molecular weight is 319 g/mol. The molecule has 3 heteroatoms. The van der Waals surface area contributed by atoms with Crippen molar-refractivity contribution in [3.8, 4) is 0 Å². The zero-order chi connectivity index (χ0) is 11.4. The van der Waals surface area contributed by atoms with Gasteiger partial charge in [-0.15, -0.1) is 0 Å². The largest absolute Gasteiger partial charge is 0.292 e. The highest BCUT2D eigenvalue weighted by molar-refractivity contribution is 14.1. The highest BCUT2D eigenvalue weighted by atomic mass is 127. The molecule has 0 bridgehead atoms. The zero-order valence-corrected chi connectivity index (χ0v) is 11.7. The van der Waals surface area contributed by atoms with Crippen LogP contribution in [0.5, 0.6) is 0 Å². The number of halogens is 1. The normalized spacial score (nSPS) is 20.5. The molecule has 15 heavy (non-hydrogen) atoms. The lowest BCUT2D eigenvalue weighted by Crippen LogP contribution is -2.18. The second-order valence-corrected chi connectivity index (χ2v) is 5.38. The molecule has 0 saturated carbocycles. The lowest BCUT2D eigenvalue weighted by atomic mass is 10.1. The van der Waals surface area contributed by atoms with Crippen LogP contribution in [0.3, 0.4) is 0 Å². The van der Waals surface area contributed by atoms with E-state index in [0.29, 0.717) is 5.71 Å². The summed E-state index contributed by atoms with van der Waals surface area (Å²) in [7, 11) is 0. The Kier molecular flexibility index (Phi) is 4.96. The molecule has 1 rings (SSSR count). The molecule has 0 amide bonds. The van der Waals surface area contributed by atoms with Gasteiger partial charge < -0.3 is 0 Å². The average Bonchev–Trinajstić information content (AvgIpc) is 2.55. The van der Waals surface area contributed by atoms with E-state index in [0.717, 1.165) is 10.0 Å². The van der Waals surface area contributed by atoms with Crippen molar-refractivity contribution < 1.29 is 4.79 Å². The highest BCUT2D eigenvalue weighted by Gasteiger charge is 2.24. The molecule has 1 heterocycles. The van der Waals surface area contributed by atoms with E-state index in [1.165, 1.54) is 12.8 Å². The van der Waals surface area contributed by atoms with Gasteiger partial charge in [-0.05, 0) is 35.1 Å². The Bertz CT molecular complexity index is 305. The molecular weight excluding hydrogens is 301 g/mol. The molecule has 0 radical (unpaired) electrons. The van der Waals surface area contributed by atoms with Gasteiger partial charge in [0.2, 0.25) is 0 Å². The number of aliphatic imine (C=N–C) groups is 1. The third kappa shape index (κ3) is 3.40. The van der Waals surface area contributed by atoms with Crippen molar-refractivity contribution in [3.05, 3.63) is 9.66 Å². The number of carbonyl (C=O) groups is 1. The predicted molar refractivity (Wildman–Crippen MR) is 72.7 cm³/mol. The Morgan fingerprint density at radius 1 is 1.60 bits per heavy atom. The summed E-state index contributed by atoms with van der Waals surface area (Å²) in [5.41, 5.74) is 0.701. The maximum atomic E-state index is 11.8. The van der Waals surface area contributed by atoms with Gasteiger partial charge in [0.25, 0.3) is 0 Å². The van der Waals surface area contributed by atoms with Gasteiger partial charge in [-0.2, -0.15) is 0 Å². The maximum absolute atomic E-state index is 11.8. The van der Waals surface area contributed by atoms with E-state index in [4.69, 9.17) is 0 Å². The summed E-state index contributed by atoms with van der Waals surface area (Å²) in [4.78, 5) is 16.3. The van der Waals surface area contributed by atoms with Crippen molar-refractivity contribution in [2.45, 2.75) is 46.1 Å². The Morgan fingerprint density at radius 3 is 2.80 bits per heavy atom. The first kappa shape index (κ1) is 12.9. The van der Waals surface area contributed by atoms with Gasteiger partial charge in [-0.3, -0.25) is 9.79 Å². The predicted octanol–water partition coefficient (Wildman–Crippen LogP) is 3.54. The number of carbonyl (C=O) groups excluding carboxylic acids is 1. The number of ketones is 1. The van der Waals surface area contributed by atoms with Crippen LogP contribution < -0.4 is 0 Å². The molecule has 0 aromatic rings. The van der Waals surface area contributed by atoms with E-state index in [1.807, 2.05) is 13.8 Å². The quantitative estimate of drug-likeness (QED) is 0.713. The van der Waals surface area contributed by atoms with E-state index < -0.39 is 0 Å².